The summed E-state index contributed by atoms with van der Waals surface area (Å²) in [4.78, 5) is 2.68. The summed E-state index contributed by atoms with van der Waals surface area (Å²) in [5.41, 5.74) is 0. The Morgan fingerprint density at radius 3 is 2.27 bits per heavy atom. The van der Waals surface area contributed by atoms with Gasteiger partial charge in [0.1, 0.15) is 0 Å². The molecule has 1 heterocycles. The Bertz CT molecular complexity index is 145. The molecular weight excluding hydrogens is 182 g/mol. The van der Waals surface area contributed by atoms with Crippen molar-refractivity contribution in [3.63, 3.8) is 0 Å². The summed E-state index contributed by atoms with van der Waals surface area (Å²) in [6, 6.07) is 0. The van der Waals surface area contributed by atoms with Crippen molar-refractivity contribution in [1.29, 1.82) is 0 Å². The monoisotopic (exact) mass is 211 g/mol. The molecule has 0 aliphatic carbocycles. The van der Waals surface area contributed by atoms with Crippen LogP contribution in [0.15, 0.2) is 0 Å². The van der Waals surface area contributed by atoms with Gasteiger partial charge in [-0.15, -0.1) is 0 Å². The van der Waals surface area contributed by atoms with Crippen LogP contribution in [-0.4, -0.2) is 24.5 Å². The molecule has 0 aromatic heterocycles. The van der Waals surface area contributed by atoms with Gasteiger partial charge in [0, 0.05) is 0 Å². The van der Waals surface area contributed by atoms with Crippen molar-refractivity contribution in [2.75, 3.05) is 19.6 Å². The first-order valence-electron chi connectivity index (χ1n) is 6.96. The van der Waals surface area contributed by atoms with E-state index in [-0.39, 0.29) is 0 Å². The van der Waals surface area contributed by atoms with Gasteiger partial charge in [0.2, 0.25) is 0 Å². The second-order valence-corrected chi connectivity index (χ2v) is 5.48. The summed E-state index contributed by atoms with van der Waals surface area (Å²) < 4.78 is 0. The average molecular weight is 211 g/mol. The first-order chi connectivity index (χ1) is 7.24. The van der Waals surface area contributed by atoms with Crippen LogP contribution >= 0.6 is 0 Å². The fourth-order valence-electron chi connectivity index (χ4n) is 2.61. The zero-order valence-corrected chi connectivity index (χ0v) is 11.0. The molecule has 1 nitrogen and oxygen atoms in total. The molecule has 0 unspecified atom stereocenters. The molecule has 0 amide bonds. The van der Waals surface area contributed by atoms with Crippen molar-refractivity contribution in [3.05, 3.63) is 0 Å². The van der Waals surface area contributed by atoms with E-state index < -0.39 is 0 Å². The molecule has 90 valence electrons. The lowest BCUT2D eigenvalue weighted by atomic mass is 9.87. The van der Waals surface area contributed by atoms with Gasteiger partial charge in [0.25, 0.3) is 0 Å². The fraction of sp³-hybridized carbons (Fsp3) is 1.00. The molecule has 1 aliphatic heterocycles. The van der Waals surface area contributed by atoms with Crippen molar-refractivity contribution < 1.29 is 0 Å². The Morgan fingerprint density at radius 1 is 1.07 bits per heavy atom. The number of rotatable bonds is 6. The third-order valence-electron chi connectivity index (χ3n) is 3.90. The number of piperidine rings is 1. The van der Waals surface area contributed by atoms with Crippen LogP contribution in [0.5, 0.6) is 0 Å². The Balaban J connectivity index is 2.04. The number of hydrogen-bond donors (Lipinski definition) is 0. The minimum Gasteiger partial charge on any atom is -0.303 e. The Labute approximate surface area is 96.2 Å². The van der Waals surface area contributed by atoms with E-state index in [0.29, 0.717) is 0 Å². The van der Waals surface area contributed by atoms with Gasteiger partial charge in [-0.3, -0.25) is 0 Å². The third kappa shape index (κ3) is 5.01. The highest BCUT2D eigenvalue weighted by molar-refractivity contribution is 4.74. The molecule has 0 aromatic rings. The molecule has 0 spiro atoms. The highest BCUT2D eigenvalue weighted by Crippen LogP contribution is 2.24. The fourth-order valence-corrected chi connectivity index (χ4v) is 2.61. The molecule has 0 atom stereocenters. The van der Waals surface area contributed by atoms with E-state index >= 15 is 0 Å². The Hall–Kier alpha value is -0.0400. The van der Waals surface area contributed by atoms with Crippen LogP contribution in [-0.2, 0) is 0 Å². The lowest BCUT2D eigenvalue weighted by Crippen LogP contribution is -2.35. The number of nitrogens with zero attached hydrogens (tertiary/aromatic N) is 1. The zero-order chi connectivity index (χ0) is 11.1. The first kappa shape index (κ1) is 13.0. The van der Waals surface area contributed by atoms with Crippen LogP contribution in [0.4, 0.5) is 0 Å². The van der Waals surface area contributed by atoms with Crippen LogP contribution in [0, 0.1) is 11.8 Å². The lowest BCUT2D eigenvalue weighted by Gasteiger charge is -2.33. The summed E-state index contributed by atoms with van der Waals surface area (Å²) in [6.07, 6.45) is 8.50. The molecule has 1 saturated heterocycles. The molecule has 1 rings (SSSR count). The molecule has 0 radical (unpaired) electrons. The lowest BCUT2D eigenvalue weighted by molar-refractivity contribution is 0.155. The highest BCUT2D eigenvalue weighted by atomic mass is 15.1. The number of unbranched alkanes of at least 4 members (excludes halogenated alkanes) is 3. The van der Waals surface area contributed by atoms with E-state index in [9.17, 15) is 0 Å². The van der Waals surface area contributed by atoms with Crippen molar-refractivity contribution >= 4 is 0 Å². The summed E-state index contributed by atoms with van der Waals surface area (Å²) in [5.74, 6) is 1.89. The van der Waals surface area contributed by atoms with E-state index in [4.69, 9.17) is 0 Å². The molecule has 0 bridgehead atoms. The topological polar surface area (TPSA) is 3.24 Å². The summed E-state index contributed by atoms with van der Waals surface area (Å²) in [6.45, 7) is 11.1. The molecule has 0 N–H and O–H groups in total. The summed E-state index contributed by atoms with van der Waals surface area (Å²) in [5, 5.41) is 0. The van der Waals surface area contributed by atoms with Crippen LogP contribution in [0.25, 0.3) is 0 Å². The predicted molar refractivity (Wildman–Crippen MR) is 68.1 cm³/mol. The second-order valence-electron chi connectivity index (χ2n) is 5.48. The Kier molecular flexibility index (Phi) is 6.31. The van der Waals surface area contributed by atoms with Crippen molar-refractivity contribution in [2.24, 2.45) is 11.8 Å². The van der Waals surface area contributed by atoms with Crippen LogP contribution in [0.2, 0.25) is 0 Å². The maximum Gasteiger partial charge on any atom is -0.00160 e. The van der Waals surface area contributed by atoms with Gasteiger partial charge in [-0.1, -0.05) is 40.0 Å². The average Bonchev–Trinajstić information content (AvgIpc) is 2.25. The molecule has 1 heteroatoms. The van der Waals surface area contributed by atoms with Gasteiger partial charge in [0.15, 0.2) is 0 Å². The van der Waals surface area contributed by atoms with Gasteiger partial charge in [-0.05, 0) is 50.7 Å². The van der Waals surface area contributed by atoms with Gasteiger partial charge >= 0.3 is 0 Å². The molecule has 0 aromatic carbocycles. The molecular formula is C14H29N. The smallest absolute Gasteiger partial charge is 0.00160 e. The molecule has 0 saturated carbocycles. The van der Waals surface area contributed by atoms with Crippen LogP contribution in [0.1, 0.15) is 59.3 Å². The predicted octanol–water partition coefficient (Wildman–Crippen LogP) is 3.93. The molecule has 15 heavy (non-hydrogen) atoms. The van der Waals surface area contributed by atoms with E-state index in [1.165, 1.54) is 58.2 Å². The highest BCUT2D eigenvalue weighted by Gasteiger charge is 2.20. The standard InChI is InChI=1S/C14H29N/c1-4-5-6-7-10-15-11-8-14(9-12-15)13(2)3/h13-14H,4-12H2,1-3H3. The van der Waals surface area contributed by atoms with Crippen LogP contribution in [0.3, 0.4) is 0 Å². The van der Waals surface area contributed by atoms with Gasteiger partial charge in [-0.25, -0.2) is 0 Å². The van der Waals surface area contributed by atoms with Crippen molar-refractivity contribution in [2.45, 2.75) is 59.3 Å². The first-order valence-corrected chi connectivity index (χ1v) is 6.96. The molecule has 1 aliphatic rings. The largest absolute Gasteiger partial charge is 0.303 e. The van der Waals surface area contributed by atoms with E-state index in [0.717, 1.165) is 11.8 Å². The number of hydrogen-bond acceptors (Lipinski definition) is 1. The van der Waals surface area contributed by atoms with Gasteiger partial charge in [0.05, 0.1) is 0 Å². The van der Waals surface area contributed by atoms with Crippen molar-refractivity contribution in [1.82, 2.24) is 4.90 Å². The summed E-state index contributed by atoms with van der Waals surface area (Å²) >= 11 is 0. The maximum atomic E-state index is 2.68. The summed E-state index contributed by atoms with van der Waals surface area (Å²) in [7, 11) is 0. The van der Waals surface area contributed by atoms with Gasteiger partial charge < -0.3 is 4.90 Å². The van der Waals surface area contributed by atoms with E-state index in [2.05, 4.69) is 25.7 Å². The zero-order valence-electron chi connectivity index (χ0n) is 11.0. The quantitative estimate of drug-likeness (QED) is 0.602. The molecule has 1 fully saturated rings. The minimum atomic E-state index is 0.896. The normalized spacial score (nSPS) is 20.0. The number of likely N-dealkylation sites (tertiary alicyclic amines) is 1. The van der Waals surface area contributed by atoms with E-state index in [1.54, 1.807) is 0 Å². The van der Waals surface area contributed by atoms with Crippen LogP contribution < -0.4 is 0 Å². The second kappa shape index (κ2) is 7.27. The maximum absolute atomic E-state index is 2.68. The van der Waals surface area contributed by atoms with Gasteiger partial charge in [-0.2, -0.15) is 0 Å². The minimum absolute atomic E-state index is 0.896. The van der Waals surface area contributed by atoms with Crippen molar-refractivity contribution in [3.8, 4) is 0 Å². The van der Waals surface area contributed by atoms with E-state index in [1.807, 2.05) is 0 Å². The third-order valence-corrected chi connectivity index (χ3v) is 3.90. The Morgan fingerprint density at radius 2 is 1.73 bits per heavy atom. The SMILES string of the molecule is CCCCCCN1CCC(C(C)C)CC1.